The Bertz CT molecular complexity index is 284. The topological polar surface area (TPSA) is 21.3 Å². The minimum atomic E-state index is 0.304. The van der Waals surface area contributed by atoms with Gasteiger partial charge in [0.2, 0.25) is 0 Å². The molecule has 3 heteroatoms. The van der Waals surface area contributed by atoms with Crippen molar-refractivity contribution in [1.29, 1.82) is 0 Å². The van der Waals surface area contributed by atoms with Gasteiger partial charge in [-0.05, 0) is 31.2 Å². The molecule has 1 saturated heterocycles. The summed E-state index contributed by atoms with van der Waals surface area (Å²) in [5, 5.41) is 3.97. The average molecular weight is 198 g/mol. The zero-order chi connectivity index (χ0) is 9.10. The van der Waals surface area contributed by atoms with E-state index in [-0.39, 0.29) is 0 Å². The first-order valence-electron chi connectivity index (χ1n) is 4.47. The summed E-state index contributed by atoms with van der Waals surface area (Å²) in [6, 6.07) is 7.53. The number of benzene rings is 1. The van der Waals surface area contributed by atoms with Crippen LogP contribution in [-0.4, -0.2) is 19.2 Å². The van der Waals surface area contributed by atoms with Crippen LogP contribution in [0.2, 0.25) is 5.02 Å². The van der Waals surface area contributed by atoms with Crippen molar-refractivity contribution < 1.29 is 4.74 Å². The molecule has 0 aromatic heterocycles. The highest BCUT2D eigenvalue weighted by Crippen LogP contribution is 2.19. The van der Waals surface area contributed by atoms with E-state index in [2.05, 4.69) is 5.32 Å². The molecule has 1 aromatic rings. The summed E-state index contributed by atoms with van der Waals surface area (Å²) < 4.78 is 5.71. The summed E-state index contributed by atoms with van der Waals surface area (Å²) in [4.78, 5) is 0. The molecule has 1 atom stereocenters. The monoisotopic (exact) mass is 197 g/mol. The van der Waals surface area contributed by atoms with Crippen molar-refractivity contribution in [3.63, 3.8) is 0 Å². The quantitative estimate of drug-likeness (QED) is 0.784. The van der Waals surface area contributed by atoms with Gasteiger partial charge in [-0.1, -0.05) is 17.7 Å². The lowest BCUT2D eigenvalue weighted by Gasteiger charge is -2.11. The second-order valence-corrected chi connectivity index (χ2v) is 3.63. The maximum absolute atomic E-state index is 5.83. The maximum Gasteiger partial charge on any atom is 0.121 e. The van der Waals surface area contributed by atoms with E-state index in [0.29, 0.717) is 6.10 Å². The van der Waals surface area contributed by atoms with Crippen LogP contribution in [0.3, 0.4) is 0 Å². The number of hydrogen-bond donors (Lipinski definition) is 1. The molecule has 2 rings (SSSR count). The first-order valence-corrected chi connectivity index (χ1v) is 4.85. The van der Waals surface area contributed by atoms with Crippen LogP contribution in [-0.2, 0) is 0 Å². The van der Waals surface area contributed by atoms with E-state index in [9.17, 15) is 0 Å². The summed E-state index contributed by atoms with van der Waals surface area (Å²) in [7, 11) is 0. The molecule has 0 saturated carbocycles. The van der Waals surface area contributed by atoms with Crippen LogP contribution in [0.15, 0.2) is 24.3 Å². The summed E-state index contributed by atoms with van der Waals surface area (Å²) in [5.41, 5.74) is 0. The number of halogens is 1. The van der Waals surface area contributed by atoms with E-state index in [1.54, 1.807) is 0 Å². The van der Waals surface area contributed by atoms with E-state index in [1.165, 1.54) is 0 Å². The Labute approximate surface area is 82.9 Å². The fraction of sp³-hybridized carbons (Fsp3) is 0.400. The third-order valence-electron chi connectivity index (χ3n) is 2.11. The molecule has 1 aromatic carbocycles. The molecule has 1 aliphatic heterocycles. The van der Waals surface area contributed by atoms with Crippen molar-refractivity contribution in [3.8, 4) is 5.75 Å². The van der Waals surface area contributed by atoms with Crippen molar-refractivity contribution >= 4 is 11.6 Å². The molecule has 0 amide bonds. The molecular formula is C10H12ClNO. The second kappa shape index (κ2) is 3.99. The Kier molecular flexibility index (Phi) is 2.71. The number of ether oxygens (including phenoxy) is 1. The molecule has 0 aliphatic carbocycles. The Morgan fingerprint density at radius 2 is 2.38 bits per heavy atom. The molecule has 1 aliphatic rings. The molecule has 1 heterocycles. The van der Waals surface area contributed by atoms with E-state index >= 15 is 0 Å². The Balaban J connectivity index is 2.00. The summed E-state index contributed by atoms with van der Waals surface area (Å²) in [6.07, 6.45) is 1.38. The largest absolute Gasteiger partial charge is 0.489 e. The Morgan fingerprint density at radius 3 is 3.08 bits per heavy atom. The van der Waals surface area contributed by atoms with Gasteiger partial charge in [-0.3, -0.25) is 0 Å². The van der Waals surface area contributed by atoms with Crippen LogP contribution in [0.25, 0.3) is 0 Å². The lowest BCUT2D eigenvalue weighted by Crippen LogP contribution is -2.19. The zero-order valence-corrected chi connectivity index (χ0v) is 8.05. The molecule has 13 heavy (non-hydrogen) atoms. The number of nitrogens with one attached hydrogen (secondary N) is 1. The standard InChI is InChI=1S/C10H12ClNO/c11-8-2-1-3-9(6-8)13-10-4-5-12-7-10/h1-3,6,10,12H,4-5,7H2/t10-/m1/s1. The zero-order valence-electron chi connectivity index (χ0n) is 7.29. The number of hydrogen-bond acceptors (Lipinski definition) is 2. The third-order valence-corrected chi connectivity index (χ3v) is 2.35. The van der Waals surface area contributed by atoms with Crippen LogP contribution in [0.5, 0.6) is 5.75 Å². The molecule has 1 N–H and O–H groups in total. The van der Waals surface area contributed by atoms with Crippen LogP contribution in [0.4, 0.5) is 0 Å². The van der Waals surface area contributed by atoms with Gasteiger partial charge >= 0.3 is 0 Å². The van der Waals surface area contributed by atoms with E-state index in [1.807, 2.05) is 24.3 Å². The first kappa shape index (κ1) is 8.85. The highest BCUT2D eigenvalue weighted by molar-refractivity contribution is 6.30. The smallest absolute Gasteiger partial charge is 0.121 e. The fourth-order valence-electron chi connectivity index (χ4n) is 1.46. The van der Waals surface area contributed by atoms with E-state index in [0.717, 1.165) is 30.3 Å². The fourth-order valence-corrected chi connectivity index (χ4v) is 1.64. The summed E-state index contributed by atoms with van der Waals surface area (Å²) in [6.45, 7) is 1.98. The van der Waals surface area contributed by atoms with Crippen LogP contribution in [0.1, 0.15) is 6.42 Å². The van der Waals surface area contributed by atoms with Gasteiger partial charge in [-0.15, -0.1) is 0 Å². The highest BCUT2D eigenvalue weighted by atomic mass is 35.5. The van der Waals surface area contributed by atoms with Crippen molar-refractivity contribution in [2.45, 2.75) is 12.5 Å². The molecule has 70 valence electrons. The van der Waals surface area contributed by atoms with E-state index < -0.39 is 0 Å². The van der Waals surface area contributed by atoms with Crippen LogP contribution in [0, 0.1) is 0 Å². The Morgan fingerprint density at radius 1 is 1.46 bits per heavy atom. The van der Waals surface area contributed by atoms with Gasteiger partial charge in [-0.2, -0.15) is 0 Å². The molecule has 1 fully saturated rings. The lowest BCUT2D eigenvalue weighted by molar-refractivity contribution is 0.223. The van der Waals surface area contributed by atoms with Crippen LogP contribution >= 0.6 is 11.6 Å². The van der Waals surface area contributed by atoms with Crippen molar-refractivity contribution in [3.05, 3.63) is 29.3 Å². The maximum atomic E-state index is 5.83. The first-order chi connectivity index (χ1) is 6.34. The minimum absolute atomic E-state index is 0.304. The molecule has 0 spiro atoms. The van der Waals surface area contributed by atoms with Gasteiger partial charge < -0.3 is 10.1 Å². The predicted molar refractivity (Wildman–Crippen MR) is 53.4 cm³/mol. The molecule has 2 nitrogen and oxygen atoms in total. The molecular weight excluding hydrogens is 186 g/mol. The second-order valence-electron chi connectivity index (χ2n) is 3.19. The van der Waals surface area contributed by atoms with Crippen molar-refractivity contribution in [2.75, 3.05) is 13.1 Å². The van der Waals surface area contributed by atoms with Gasteiger partial charge in [0.25, 0.3) is 0 Å². The summed E-state index contributed by atoms with van der Waals surface area (Å²) in [5.74, 6) is 0.862. The SMILES string of the molecule is Clc1cccc(O[C@@H]2CCNC2)c1. The normalized spacial score (nSPS) is 21.8. The van der Waals surface area contributed by atoms with E-state index in [4.69, 9.17) is 16.3 Å². The Hall–Kier alpha value is -0.730. The van der Waals surface area contributed by atoms with Crippen molar-refractivity contribution in [2.24, 2.45) is 0 Å². The minimum Gasteiger partial charge on any atom is -0.489 e. The van der Waals surface area contributed by atoms with Gasteiger partial charge in [0, 0.05) is 11.6 Å². The predicted octanol–water partition coefficient (Wildman–Crippen LogP) is 2.08. The van der Waals surface area contributed by atoms with Gasteiger partial charge in [0.05, 0.1) is 0 Å². The molecule has 0 radical (unpaired) electrons. The van der Waals surface area contributed by atoms with Gasteiger partial charge in [0.1, 0.15) is 11.9 Å². The summed E-state index contributed by atoms with van der Waals surface area (Å²) >= 11 is 5.83. The average Bonchev–Trinajstić information content (AvgIpc) is 2.57. The number of rotatable bonds is 2. The third kappa shape index (κ3) is 2.36. The molecule has 0 bridgehead atoms. The lowest BCUT2D eigenvalue weighted by atomic mass is 10.3. The van der Waals surface area contributed by atoms with Crippen molar-refractivity contribution in [1.82, 2.24) is 5.32 Å². The molecule has 0 unspecified atom stereocenters. The van der Waals surface area contributed by atoms with Gasteiger partial charge in [0.15, 0.2) is 0 Å². The van der Waals surface area contributed by atoms with Gasteiger partial charge in [-0.25, -0.2) is 0 Å². The highest BCUT2D eigenvalue weighted by Gasteiger charge is 2.15. The van der Waals surface area contributed by atoms with Crippen LogP contribution < -0.4 is 10.1 Å².